The largest absolute Gasteiger partial charge is 0.370 e. The number of ether oxygens (including phenoxy) is 1. The van der Waals surface area contributed by atoms with Crippen molar-refractivity contribution in [2.45, 2.75) is 44.8 Å². The summed E-state index contributed by atoms with van der Waals surface area (Å²) in [5.74, 6) is 0.615. The number of aryl methyl sites for hydroxylation is 1. The van der Waals surface area contributed by atoms with E-state index >= 15 is 0 Å². The number of anilines is 1. The highest BCUT2D eigenvalue weighted by Crippen LogP contribution is 2.33. The van der Waals surface area contributed by atoms with Crippen molar-refractivity contribution >= 4 is 17.6 Å². The lowest BCUT2D eigenvalue weighted by molar-refractivity contribution is -0.127. The molecule has 4 rings (SSSR count). The van der Waals surface area contributed by atoms with E-state index in [2.05, 4.69) is 17.6 Å². The zero-order valence-corrected chi connectivity index (χ0v) is 15.2. The van der Waals surface area contributed by atoms with Gasteiger partial charge in [0.15, 0.2) is 0 Å². The van der Waals surface area contributed by atoms with Crippen molar-refractivity contribution in [2.24, 2.45) is 11.8 Å². The van der Waals surface area contributed by atoms with Crippen molar-refractivity contribution in [2.75, 3.05) is 25.0 Å². The molecule has 1 saturated carbocycles. The average Bonchev–Trinajstić information content (AvgIpc) is 3.44. The van der Waals surface area contributed by atoms with E-state index < -0.39 is 0 Å². The van der Waals surface area contributed by atoms with Crippen LogP contribution in [0.4, 0.5) is 10.5 Å². The zero-order valence-electron chi connectivity index (χ0n) is 15.2. The van der Waals surface area contributed by atoms with Gasteiger partial charge < -0.3 is 20.3 Å². The Hall–Kier alpha value is -2.08. The van der Waals surface area contributed by atoms with Gasteiger partial charge >= 0.3 is 6.03 Å². The lowest BCUT2D eigenvalue weighted by Crippen LogP contribution is -2.49. The van der Waals surface area contributed by atoms with Crippen LogP contribution in [0.15, 0.2) is 24.3 Å². The Labute approximate surface area is 154 Å². The molecule has 3 fully saturated rings. The first kappa shape index (κ1) is 17.3. The number of carbonyl (C=O) groups excluding carboxylic acids is 2. The van der Waals surface area contributed by atoms with E-state index in [1.807, 2.05) is 24.3 Å². The summed E-state index contributed by atoms with van der Waals surface area (Å²) < 4.78 is 5.93. The summed E-state index contributed by atoms with van der Waals surface area (Å²) in [6.45, 7) is 3.90. The number of benzene rings is 1. The monoisotopic (exact) mass is 357 g/mol. The number of fused-ring (bicyclic) bond motifs is 2. The van der Waals surface area contributed by atoms with Gasteiger partial charge in [-0.2, -0.15) is 0 Å². The van der Waals surface area contributed by atoms with Crippen LogP contribution in [-0.2, 0) is 16.0 Å². The second-order valence-corrected chi connectivity index (χ2v) is 7.71. The van der Waals surface area contributed by atoms with Crippen LogP contribution in [0.3, 0.4) is 0 Å². The summed E-state index contributed by atoms with van der Waals surface area (Å²) in [6, 6.07) is 7.80. The number of carbonyl (C=O) groups is 2. The Balaban J connectivity index is 1.32. The summed E-state index contributed by atoms with van der Waals surface area (Å²) in [6.07, 6.45) is 3.89. The molecule has 1 aliphatic carbocycles. The molecule has 3 atom stereocenters. The van der Waals surface area contributed by atoms with Gasteiger partial charge in [0.1, 0.15) is 0 Å². The fraction of sp³-hybridized carbons (Fsp3) is 0.600. The molecule has 2 saturated heterocycles. The van der Waals surface area contributed by atoms with Gasteiger partial charge in [-0.3, -0.25) is 4.79 Å². The molecule has 3 amide bonds. The van der Waals surface area contributed by atoms with Crippen molar-refractivity contribution < 1.29 is 14.3 Å². The highest BCUT2D eigenvalue weighted by Gasteiger charge is 2.45. The van der Waals surface area contributed by atoms with Gasteiger partial charge in [0, 0.05) is 25.3 Å². The molecule has 1 aromatic carbocycles. The van der Waals surface area contributed by atoms with Gasteiger partial charge in [-0.25, -0.2) is 4.79 Å². The topological polar surface area (TPSA) is 70.7 Å². The first-order chi connectivity index (χ1) is 12.6. The van der Waals surface area contributed by atoms with Crippen LogP contribution in [0, 0.1) is 11.8 Å². The Morgan fingerprint density at radius 1 is 1.19 bits per heavy atom. The highest BCUT2D eigenvalue weighted by molar-refractivity contribution is 5.89. The predicted molar refractivity (Wildman–Crippen MR) is 98.9 cm³/mol. The molecule has 6 nitrogen and oxygen atoms in total. The van der Waals surface area contributed by atoms with Gasteiger partial charge in [-0.15, -0.1) is 0 Å². The predicted octanol–water partition coefficient (Wildman–Crippen LogP) is 2.40. The molecule has 1 aromatic rings. The molecular weight excluding hydrogens is 330 g/mol. The molecule has 3 aliphatic rings. The van der Waals surface area contributed by atoms with Crippen LogP contribution in [-0.4, -0.2) is 48.7 Å². The Morgan fingerprint density at radius 3 is 2.65 bits per heavy atom. The van der Waals surface area contributed by atoms with Crippen molar-refractivity contribution in [3.63, 3.8) is 0 Å². The van der Waals surface area contributed by atoms with E-state index in [0.717, 1.165) is 18.7 Å². The number of nitrogens with zero attached hydrogens (tertiary/aromatic N) is 1. The van der Waals surface area contributed by atoms with E-state index in [1.165, 1.54) is 18.4 Å². The molecule has 140 valence electrons. The second kappa shape index (κ2) is 7.27. The first-order valence-electron chi connectivity index (χ1n) is 9.70. The lowest BCUT2D eigenvalue weighted by atomic mass is 9.99. The summed E-state index contributed by atoms with van der Waals surface area (Å²) >= 11 is 0. The van der Waals surface area contributed by atoms with Gasteiger partial charge in [-0.1, -0.05) is 19.1 Å². The molecule has 6 heteroatoms. The zero-order chi connectivity index (χ0) is 18.1. The van der Waals surface area contributed by atoms with Crippen LogP contribution in [0.2, 0.25) is 0 Å². The number of rotatable bonds is 5. The Bertz CT molecular complexity index is 671. The maximum atomic E-state index is 12.6. The normalized spacial score (nSPS) is 27.3. The first-order valence-corrected chi connectivity index (χ1v) is 9.70. The molecule has 2 bridgehead atoms. The van der Waals surface area contributed by atoms with E-state index in [1.54, 1.807) is 4.90 Å². The number of amides is 3. The van der Waals surface area contributed by atoms with E-state index in [-0.39, 0.29) is 30.1 Å². The van der Waals surface area contributed by atoms with Crippen molar-refractivity contribution in [3.05, 3.63) is 29.8 Å². The molecule has 26 heavy (non-hydrogen) atoms. The van der Waals surface area contributed by atoms with Crippen molar-refractivity contribution in [1.29, 1.82) is 0 Å². The minimum atomic E-state index is -0.193. The molecule has 2 aliphatic heterocycles. The van der Waals surface area contributed by atoms with Gasteiger partial charge in [0.25, 0.3) is 0 Å². The number of likely N-dealkylation sites (tertiary alicyclic amines) is 1. The fourth-order valence-electron chi connectivity index (χ4n) is 3.82. The van der Waals surface area contributed by atoms with Crippen LogP contribution in [0.5, 0.6) is 0 Å². The molecule has 2 N–H and O–H groups in total. The minimum Gasteiger partial charge on any atom is -0.370 e. The van der Waals surface area contributed by atoms with Gasteiger partial charge in [-0.05, 0) is 49.3 Å². The summed E-state index contributed by atoms with van der Waals surface area (Å²) in [5, 5.41) is 6.01. The van der Waals surface area contributed by atoms with E-state index in [9.17, 15) is 9.59 Å². The van der Waals surface area contributed by atoms with Gasteiger partial charge in [0.05, 0.1) is 18.1 Å². The third kappa shape index (κ3) is 3.85. The van der Waals surface area contributed by atoms with Crippen molar-refractivity contribution in [1.82, 2.24) is 10.2 Å². The highest BCUT2D eigenvalue weighted by atomic mass is 16.5. The summed E-state index contributed by atoms with van der Waals surface area (Å²) in [5.41, 5.74) is 2.04. The van der Waals surface area contributed by atoms with Crippen LogP contribution >= 0.6 is 0 Å². The molecule has 0 unspecified atom stereocenters. The number of urea groups is 1. The SMILES string of the molecule is CCc1ccc(NC(=O)N2C[C@H]3C[C@H](C(=O)NCC4CC4)[C@@H](C2)O3)cc1. The van der Waals surface area contributed by atoms with Gasteiger partial charge in [0.2, 0.25) is 5.91 Å². The van der Waals surface area contributed by atoms with Crippen molar-refractivity contribution in [3.8, 4) is 0 Å². The minimum absolute atomic E-state index is 0.0429. The standard InChI is InChI=1S/C20H27N3O3/c1-2-13-5-7-15(8-6-13)22-20(25)23-11-16-9-17(18(12-23)26-16)19(24)21-10-14-3-4-14/h5-8,14,16-18H,2-4,9-12H2,1H3,(H,21,24)(H,22,25)/t16-,17+,18-/m1/s1. The molecule has 0 aromatic heterocycles. The Kier molecular flexibility index (Phi) is 4.85. The third-order valence-electron chi connectivity index (χ3n) is 5.66. The summed E-state index contributed by atoms with van der Waals surface area (Å²) in [4.78, 5) is 26.8. The van der Waals surface area contributed by atoms with E-state index in [4.69, 9.17) is 4.74 Å². The number of morpholine rings is 1. The number of hydrogen-bond acceptors (Lipinski definition) is 3. The molecule has 0 radical (unpaired) electrons. The number of hydrogen-bond donors (Lipinski definition) is 2. The molecule has 0 spiro atoms. The molecule has 2 heterocycles. The van der Waals surface area contributed by atoms with Crippen LogP contribution < -0.4 is 10.6 Å². The average molecular weight is 357 g/mol. The summed E-state index contributed by atoms with van der Waals surface area (Å²) in [7, 11) is 0. The second-order valence-electron chi connectivity index (χ2n) is 7.71. The smallest absolute Gasteiger partial charge is 0.322 e. The fourth-order valence-corrected chi connectivity index (χ4v) is 3.82. The maximum absolute atomic E-state index is 12.6. The van der Waals surface area contributed by atoms with Crippen LogP contribution in [0.1, 0.15) is 31.7 Å². The van der Waals surface area contributed by atoms with Crippen LogP contribution in [0.25, 0.3) is 0 Å². The quantitative estimate of drug-likeness (QED) is 0.850. The maximum Gasteiger partial charge on any atom is 0.322 e. The third-order valence-corrected chi connectivity index (χ3v) is 5.66. The molecular formula is C20H27N3O3. The Morgan fingerprint density at radius 2 is 1.96 bits per heavy atom. The van der Waals surface area contributed by atoms with E-state index in [0.29, 0.717) is 25.4 Å². The number of nitrogens with one attached hydrogen (secondary N) is 2. The lowest BCUT2D eigenvalue weighted by Gasteiger charge is -2.32.